The van der Waals surface area contributed by atoms with Gasteiger partial charge in [-0.3, -0.25) is 9.69 Å². The zero-order valence-electron chi connectivity index (χ0n) is 10.4. The topological polar surface area (TPSA) is 72.5 Å². The van der Waals surface area contributed by atoms with Crippen LogP contribution in [0.15, 0.2) is 30.3 Å². The van der Waals surface area contributed by atoms with E-state index >= 15 is 0 Å². The molecule has 0 unspecified atom stereocenters. The molecule has 1 heterocycles. The number of nitrogens with zero attached hydrogens (tertiary/aromatic N) is 1. The van der Waals surface area contributed by atoms with Gasteiger partial charge in [0.1, 0.15) is 5.54 Å². The number of carbonyl (C=O) groups is 2. The molecule has 0 aliphatic carbocycles. The van der Waals surface area contributed by atoms with Gasteiger partial charge in [-0.2, -0.15) is 0 Å². The van der Waals surface area contributed by atoms with E-state index in [1.165, 1.54) is 4.90 Å². The molecule has 1 aromatic carbocycles. The van der Waals surface area contributed by atoms with Crippen LogP contribution in [0.25, 0.3) is 0 Å². The molecule has 1 N–H and O–H groups in total. The highest BCUT2D eigenvalue weighted by atomic mass is 32.1. The molecule has 5 nitrogen and oxygen atoms in total. The first-order chi connectivity index (χ1) is 8.94. The van der Waals surface area contributed by atoms with Crippen molar-refractivity contribution in [2.45, 2.75) is 25.3 Å². The van der Waals surface area contributed by atoms with Gasteiger partial charge < -0.3 is 15.2 Å². The number of carbonyl (C=O) groups excluding carboxylic acids is 2. The maximum atomic E-state index is 12.4. The summed E-state index contributed by atoms with van der Waals surface area (Å²) in [5.74, 6) is -1.43. The van der Waals surface area contributed by atoms with Crippen LogP contribution in [0.1, 0.15) is 19.8 Å². The van der Waals surface area contributed by atoms with Crippen molar-refractivity contribution in [3.05, 3.63) is 30.3 Å². The van der Waals surface area contributed by atoms with E-state index in [1.807, 2.05) is 18.2 Å². The predicted octanol–water partition coefficient (Wildman–Crippen LogP) is 0.196. The quantitative estimate of drug-likeness (QED) is 0.796. The molecule has 1 saturated heterocycles. The van der Waals surface area contributed by atoms with Gasteiger partial charge >= 0.3 is 0 Å². The number of benzene rings is 1. The average Bonchev–Trinajstić information content (AvgIpc) is 2.59. The Kier molecular flexibility index (Phi) is 3.53. The molecule has 0 radical (unpaired) electrons. The van der Waals surface area contributed by atoms with E-state index in [1.54, 1.807) is 19.1 Å². The maximum absolute atomic E-state index is 12.4. The number of anilines is 1. The Morgan fingerprint density at radius 1 is 1.42 bits per heavy atom. The van der Waals surface area contributed by atoms with Crippen molar-refractivity contribution in [2.24, 2.45) is 0 Å². The fourth-order valence-corrected chi connectivity index (χ4v) is 2.43. The van der Waals surface area contributed by atoms with Crippen molar-refractivity contribution in [3.8, 4) is 0 Å². The minimum Gasteiger partial charge on any atom is -0.550 e. The van der Waals surface area contributed by atoms with E-state index in [0.717, 1.165) is 0 Å². The molecule has 0 aromatic heterocycles. The molecule has 0 spiro atoms. The van der Waals surface area contributed by atoms with Crippen LogP contribution in [0.4, 0.5) is 5.69 Å². The number of carboxylic acid groups (broad SMARTS) is 1. The minimum absolute atomic E-state index is 0.137. The number of carboxylic acids is 1. The van der Waals surface area contributed by atoms with Crippen LogP contribution in [0.3, 0.4) is 0 Å². The molecule has 0 saturated carbocycles. The first kappa shape index (κ1) is 13.5. The summed E-state index contributed by atoms with van der Waals surface area (Å²) in [5, 5.41) is 13.7. The van der Waals surface area contributed by atoms with Gasteiger partial charge in [0.25, 0.3) is 5.91 Å². The molecule has 100 valence electrons. The van der Waals surface area contributed by atoms with E-state index in [9.17, 15) is 14.7 Å². The zero-order chi connectivity index (χ0) is 14.0. The van der Waals surface area contributed by atoms with E-state index in [4.69, 9.17) is 12.2 Å². The first-order valence-electron chi connectivity index (χ1n) is 5.86. The summed E-state index contributed by atoms with van der Waals surface area (Å²) in [6.45, 7) is 1.65. The Bertz CT molecular complexity index is 532. The molecule has 1 fully saturated rings. The highest BCUT2D eigenvalue weighted by Gasteiger charge is 2.45. The van der Waals surface area contributed by atoms with Gasteiger partial charge in [-0.25, -0.2) is 0 Å². The second-order valence-electron chi connectivity index (χ2n) is 4.61. The number of hydrogen-bond acceptors (Lipinski definition) is 4. The second kappa shape index (κ2) is 4.97. The van der Waals surface area contributed by atoms with E-state index in [-0.39, 0.29) is 23.9 Å². The standard InChI is InChI=1S/C13H14N2O3S/c1-13(8-7-10(16)17)11(18)15(12(19)14-13)9-5-3-2-4-6-9/h2-6H,7-8H2,1H3,(H,14,19)(H,16,17)/p-1/t13-/m0/s1. The third kappa shape index (κ3) is 2.58. The van der Waals surface area contributed by atoms with Gasteiger partial charge in [0.15, 0.2) is 5.11 Å². The third-order valence-electron chi connectivity index (χ3n) is 3.10. The van der Waals surface area contributed by atoms with Crippen molar-refractivity contribution in [2.75, 3.05) is 4.90 Å². The summed E-state index contributed by atoms with van der Waals surface area (Å²) >= 11 is 5.16. The number of thiocarbonyl (C=S) groups is 1. The van der Waals surface area contributed by atoms with E-state index in [2.05, 4.69) is 5.32 Å². The Hall–Kier alpha value is -1.95. The van der Waals surface area contributed by atoms with Crippen LogP contribution in [0.5, 0.6) is 0 Å². The molecule has 1 aliphatic rings. The molecule has 6 heteroatoms. The Labute approximate surface area is 116 Å². The summed E-state index contributed by atoms with van der Waals surface area (Å²) in [7, 11) is 0. The number of para-hydroxylation sites is 1. The van der Waals surface area contributed by atoms with E-state index in [0.29, 0.717) is 5.69 Å². The smallest absolute Gasteiger partial charge is 0.258 e. The molecular weight excluding hydrogens is 264 g/mol. The molecule has 1 aromatic rings. The SMILES string of the molecule is C[C@@]1(CCC(=O)[O-])NC(=S)N(c2ccccc2)C1=O. The summed E-state index contributed by atoms with van der Waals surface area (Å²) in [6.07, 6.45) is -0.0574. The predicted molar refractivity (Wildman–Crippen MR) is 72.3 cm³/mol. The summed E-state index contributed by atoms with van der Waals surface area (Å²) in [5.41, 5.74) is -0.324. The van der Waals surface area contributed by atoms with Crippen LogP contribution < -0.4 is 15.3 Å². The maximum Gasteiger partial charge on any atom is 0.258 e. The Morgan fingerprint density at radius 2 is 2.05 bits per heavy atom. The molecule has 19 heavy (non-hydrogen) atoms. The normalized spacial score (nSPS) is 22.5. The average molecular weight is 277 g/mol. The summed E-state index contributed by atoms with van der Waals surface area (Å²) in [6, 6.07) is 9.01. The van der Waals surface area contributed by atoms with E-state index < -0.39 is 11.5 Å². The molecule has 1 aliphatic heterocycles. The van der Waals surface area contributed by atoms with Gasteiger partial charge in [-0.15, -0.1) is 0 Å². The first-order valence-corrected chi connectivity index (χ1v) is 6.26. The van der Waals surface area contributed by atoms with Crippen molar-refractivity contribution in [1.82, 2.24) is 5.32 Å². The molecule has 1 amide bonds. The Morgan fingerprint density at radius 3 is 2.63 bits per heavy atom. The monoisotopic (exact) mass is 277 g/mol. The lowest BCUT2D eigenvalue weighted by Crippen LogP contribution is -2.45. The van der Waals surface area contributed by atoms with Crippen molar-refractivity contribution in [3.63, 3.8) is 0 Å². The third-order valence-corrected chi connectivity index (χ3v) is 3.39. The minimum atomic E-state index is -1.18. The van der Waals surface area contributed by atoms with Crippen LogP contribution in [-0.2, 0) is 9.59 Å². The van der Waals surface area contributed by atoms with Gasteiger partial charge in [-0.05, 0) is 44.1 Å². The zero-order valence-corrected chi connectivity index (χ0v) is 11.2. The van der Waals surface area contributed by atoms with Gasteiger partial charge in [0.05, 0.1) is 5.69 Å². The van der Waals surface area contributed by atoms with Crippen LogP contribution in [0, 0.1) is 0 Å². The van der Waals surface area contributed by atoms with Gasteiger partial charge in [0.2, 0.25) is 0 Å². The Balaban J connectivity index is 2.23. The fraction of sp³-hybridized carbons (Fsp3) is 0.308. The number of amides is 1. The highest BCUT2D eigenvalue weighted by Crippen LogP contribution is 2.27. The van der Waals surface area contributed by atoms with Gasteiger partial charge in [0, 0.05) is 5.97 Å². The highest BCUT2D eigenvalue weighted by molar-refractivity contribution is 7.80. The summed E-state index contributed by atoms with van der Waals surface area (Å²) < 4.78 is 0. The lowest BCUT2D eigenvalue weighted by Gasteiger charge is -2.22. The molecule has 1 atom stereocenters. The fourth-order valence-electron chi connectivity index (χ4n) is 2.02. The lowest BCUT2D eigenvalue weighted by atomic mass is 9.96. The van der Waals surface area contributed by atoms with Crippen LogP contribution in [-0.4, -0.2) is 22.5 Å². The van der Waals surface area contributed by atoms with Crippen molar-refractivity contribution < 1.29 is 14.7 Å². The molecule has 0 bridgehead atoms. The molecular formula is C13H13N2O3S-. The lowest BCUT2D eigenvalue weighted by molar-refractivity contribution is -0.306. The van der Waals surface area contributed by atoms with Crippen molar-refractivity contribution in [1.29, 1.82) is 0 Å². The second-order valence-corrected chi connectivity index (χ2v) is 5.00. The summed E-state index contributed by atoms with van der Waals surface area (Å²) in [4.78, 5) is 24.3. The molecule has 2 rings (SSSR count). The number of hydrogen-bond donors (Lipinski definition) is 1. The van der Waals surface area contributed by atoms with Crippen molar-refractivity contribution >= 4 is 34.9 Å². The number of rotatable bonds is 4. The number of nitrogens with one attached hydrogen (secondary N) is 1. The number of aliphatic carboxylic acids is 1. The van der Waals surface area contributed by atoms with Gasteiger partial charge in [-0.1, -0.05) is 18.2 Å². The van der Waals surface area contributed by atoms with Crippen LogP contribution >= 0.6 is 12.2 Å². The van der Waals surface area contributed by atoms with Crippen LogP contribution in [0.2, 0.25) is 0 Å². The largest absolute Gasteiger partial charge is 0.550 e.